The average molecular weight is 191 g/mol. The number of hydrogen-bond acceptors (Lipinski definition) is 5. The van der Waals surface area contributed by atoms with Crippen LogP contribution in [0.15, 0.2) is 28.9 Å². The second kappa shape index (κ2) is 3.37. The zero-order chi connectivity index (χ0) is 9.97. The lowest BCUT2D eigenvalue weighted by Gasteiger charge is -2.03. The van der Waals surface area contributed by atoms with Gasteiger partial charge in [-0.25, -0.2) is 4.63 Å². The van der Waals surface area contributed by atoms with Gasteiger partial charge in [0.25, 0.3) is 0 Å². The number of aryl methyl sites for hydroxylation is 1. The molecule has 0 spiro atoms. The molecule has 0 amide bonds. The van der Waals surface area contributed by atoms with Gasteiger partial charge in [-0.05, 0) is 28.9 Å². The van der Waals surface area contributed by atoms with E-state index in [0.717, 1.165) is 5.56 Å². The summed E-state index contributed by atoms with van der Waals surface area (Å²) < 4.78 is 9.79. The molecule has 0 saturated carbocycles. The van der Waals surface area contributed by atoms with Crippen molar-refractivity contribution >= 4 is 5.82 Å². The third kappa shape index (κ3) is 1.52. The molecule has 0 saturated heterocycles. The van der Waals surface area contributed by atoms with Crippen molar-refractivity contribution in [1.82, 2.24) is 10.3 Å². The molecule has 1 aromatic heterocycles. The van der Waals surface area contributed by atoms with Crippen LogP contribution in [-0.4, -0.2) is 10.3 Å². The van der Waals surface area contributed by atoms with Crippen LogP contribution in [0, 0.1) is 6.92 Å². The monoisotopic (exact) mass is 191 g/mol. The number of para-hydroxylation sites is 1. The summed E-state index contributed by atoms with van der Waals surface area (Å²) in [4.78, 5) is 0. The van der Waals surface area contributed by atoms with Crippen molar-refractivity contribution in [3.05, 3.63) is 29.8 Å². The molecule has 14 heavy (non-hydrogen) atoms. The maximum absolute atomic E-state index is 5.45. The molecule has 5 nitrogen and oxygen atoms in total. The Morgan fingerprint density at radius 3 is 2.71 bits per heavy atom. The number of nitrogens with zero attached hydrogens (tertiary/aromatic N) is 2. The Kier molecular flexibility index (Phi) is 2.06. The van der Waals surface area contributed by atoms with Crippen molar-refractivity contribution in [2.75, 3.05) is 5.73 Å². The summed E-state index contributed by atoms with van der Waals surface area (Å²) in [7, 11) is 0. The van der Waals surface area contributed by atoms with Crippen molar-refractivity contribution in [3.8, 4) is 11.6 Å². The van der Waals surface area contributed by atoms with Crippen LogP contribution in [0.3, 0.4) is 0 Å². The first-order chi connectivity index (χ1) is 6.77. The standard InChI is InChI=1S/C9H9N3O2/c1-6-4-2-3-5-7(6)13-9-8(10)11-14-12-9/h2-5H,1H3,(H2,10,11). The van der Waals surface area contributed by atoms with Gasteiger partial charge in [0.1, 0.15) is 5.75 Å². The summed E-state index contributed by atoms with van der Waals surface area (Å²) >= 11 is 0. The van der Waals surface area contributed by atoms with Crippen LogP contribution in [0.1, 0.15) is 5.56 Å². The zero-order valence-electron chi connectivity index (χ0n) is 7.60. The fraction of sp³-hybridized carbons (Fsp3) is 0.111. The Morgan fingerprint density at radius 2 is 2.07 bits per heavy atom. The Labute approximate surface area is 80.4 Å². The van der Waals surface area contributed by atoms with Gasteiger partial charge in [-0.15, -0.1) is 0 Å². The Hall–Kier alpha value is -2.04. The highest BCUT2D eigenvalue weighted by Gasteiger charge is 2.09. The largest absolute Gasteiger partial charge is 0.433 e. The molecule has 2 rings (SSSR count). The van der Waals surface area contributed by atoms with E-state index in [1.54, 1.807) is 0 Å². The lowest BCUT2D eigenvalue weighted by Crippen LogP contribution is -1.92. The molecule has 0 fully saturated rings. The number of anilines is 1. The van der Waals surface area contributed by atoms with Gasteiger partial charge < -0.3 is 10.5 Å². The second-order valence-electron chi connectivity index (χ2n) is 2.82. The van der Waals surface area contributed by atoms with E-state index in [9.17, 15) is 0 Å². The molecular formula is C9H9N3O2. The van der Waals surface area contributed by atoms with Gasteiger partial charge >= 0.3 is 5.88 Å². The molecule has 5 heteroatoms. The predicted octanol–water partition coefficient (Wildman–Crippen LogP) is 1.75. The third-order valence-electron chi connectivity index (χ3n) is 1.78. The van der Waals surface area contributed by atoms with E-state index in [1.807, 2.05) is 31.2 Å². The number of nitrogens with two attached hydrogens (primary N) is 1. The molecule has 0 bridgehead atoms. The van der Waals surface area contributed by atoms with Gasteiger partial charge in [0, 0.05) is 0 Å². The van der Waals surface area contributed by atoms with Crippen LogP contribution in [0.25, 0.3) is 0 Å². The quantitative estimate of drug-likeness (QED) is 0.782. The van der Waals surface area contributed by atoms with Crippen molar-refractivity contribution in [1.29, 1.82) is 0 Å². The van der Waals surface area contributed by atoms with Gasteiger partial charge in [-0.3, -0.25) is 0 Å². The molecule has 0 atom stereocenters. The van der Waals surface area contributed by atoms with E-state index in [2.05, 4.69) is 14.9 Å². The summed E-state index contributed by atoms with van der Waals surface area (Å²) in [5, 5.41) is 6.93. The van der Waals surface area contributed by atoms with Crippen LogP contribution in [0.2, 0.25) is 0 Å². The SMILES string of the molecule is Cc1ccccc1Oc1nonc1N. The van der Waals surface area contributed by atoms with E-state index in [4.69, 9.17) is 10.5 Å². The molecule has 72 valence electrons. The first-order valence-corrected chi connectivity index (χ1v) is 4.09. The van der Waals surface area contributed by atoms with E-state index in [0.29, 0.717) is 5.75 Å². The summed E-state index contributed by atoms with van der Waals surface area (Å²) in [6, 6.07) is 7.54. The predicted molar refractivity (Wildman–Crippen MR) is 50.0 cm³/mol. The van der Waals surface area contributed by atoms with Gasteiger partial charge in [0.2, 0.25) is 5.82 Å². The smallest absolute Gasteiger partial charge is 0.305 e. The zero-order valence-corrected chi connectivity index (χ0v) is 7.60. The topological polar surface area (TPSA) is 74.2 Å². The number of nitrogen functional groups attached to an aromatic ring is 1. The third-order valence-corrected chi connectivity index (χ3v) is 1.78. The fourth-order valence-electron chi connectivity index (χ4n) is 1.03. The molecule has 2 N–H and O–H groups in total. The molecule has 0 aliphatic carbocycles. The first-order valence-electron chi connectivity index (χ1n) is 4.09. The highest BCUT2D eigenvalue weighted by molar-refractivity contribution is 5.42. The van der Waals surface area contributed by atoms with Crippen LogP contribution >= 0.6 is 0 Å². The van der Waals surface area contributed by atoms with E-state index < -0.39 is 0 Å². The van der Waals surface area contributed by atoms with Crippen LogP contribution in [0.5, 0.6) is 11.6 Å². The summed E-state index contributed by atoms with van der Waals surface area (Å²) in [5.41, 5.74) is 6.44. The Morgan fingerprint density at radius 1 is 1.29 bits per heavy atom. The van der Waals surface area contributed by atoms with Crippen molar-refractivity contribution in [2.24, 2.45) is 0 Å². The molecule has 0 aliphatic rings. The second-order valence-corrected chi connectivity index (χ2v) is 2.82. The first kappa shape index (κ1) is 8.55. The molecular weight excluding hydrogens is 182 g/mol. The molecule has 0 unspecified atom stereocenters. The number of aromatic nitrogens is 2. The van der Waals surface area contributed by atoms with Crippen molar-refractivity contribution < 1.29 is 9.37 Å². The van der Waals surface area contributed by atoms with Crippen molar-refractivity contribution in [3.63, 3.8) is 0 Å². The molecule has 2 aromatic rings. The van der Waals surface area contributed by atoms with E-state index in [1.165, 1.54) is 0 Å². The van der Waals surface area contributed by atoms with Gasteiger partial charge in [-0.2, -0.15) is 0 Å². The highest BCUT2D eigenvalue weighted by Crippen LogP contribution is 2.25. The van der Waals surface area contributed by atoms with Gasteiger partial charge in [0.05, 0.1) is 0 Å². The Balaban J connectivity index is 2.28. The van der Waals surface area contributed by atoms with Gasteiger partial charge in [-0.1, -0.05) is 18.2 Å². The highest BCUT2D eigenvalue weighted by atomic mass is 16.6. The average Bonchev–Trinajstić information content (AvgIpc) is 2.56. The lowest BCUT2D eigenvalue weighted by molar-refractivity contribution is 0.290. The number of ether oxygens (including phenoxy) is 1. The minimum atomic E-state index is 0.147. The normalized spacial score (nSPS) is 10.1. The maximum Gasteiger partial charge on any atom is 0.305 e. The van der Waals surface area contributed by atoms with E-state index in [-0.39, 0.29) is 11.7 Å². The molecule has 1 heterocycles. The van der Waals surface area contributed by atoms with Gasteiger partial charge in [0.15, 0.2) is 0 Å². The molecule has 1 aromatic carbocycles. The number of benzene rings is 1. The molecule has 0 radical (unpaired) electrons. The Bertz CT molecular complexity index is 439. The molecule has 0 aliphatic heterocycles. The number of hydrogen-bond donors (Lipinski definition) is 1. The summed E-state index contributed by atoms with van der Waals surface area (Å²) in [6.07, 6.45) is 0. The van der Waals surface area contributed by atoms with Crippen LogP contribution < -0.4 is 10.5 Å². The van der Waals surface area contributed by atoms with E-state index >= 15 is 0 Å². The van der Waals surface area contributed by atoms with Crippen LogP contribution in [0.4, 0.5) is 5.82 Å². The van der Waals surface area contributed by atoms with Crippen molar-refractivity contribution in [2.45, 2.75) is 6.92 Å². The summed E-state index contributed by atoms with van der Waals surface area (Å²) in [5.74, 6) is 1.03. The lowest BCUT2D eigenvalue weighted by atomic mass is 10.2. The minimum absolute atomic E-state index is 0.147. The summed E-state index contributed by atoms with van der Waals surface area (Å²) in [6.45, 7) is 1.93. The minimum Gasteiger partial charge on any atom is -0.433 e. The van der Waals surface area contributed by atoms with Crippen LogP contribution in [-0.2, 0) is 0 Å². The fourth-order valence-corrected chi connectivity index (χ4v) is 1.03. The number of rotatable bonds is 2. The maximum atomic E-state index is 5.45.